The van der Waals surface area contributed by atoms with Gasteiger partial charge in [0.25, 0.3) is 5.91 Å². The van der Waals surface area contributed by atoms with Crippen LogP contribution >= 0.6 is 11.3 Å². The van der Waals surface area contributed by atoms with Crippen LogP contribution in [0.3, 0.4) is 0 Å². The van der Waals surface area contributed by atoms with Crippen molar-refractivity contribution in [3.8, 4) is 16.5 Å². The lowest BCUT2D eigenvalue weighted by Gasteiger charge is -2.32. The van der Waals surface area contributed by atoms with Gasteiger partial charge >= 0.3 is 6.36 Å². The van der Waals surface area contributed by atoms with E-state index in [9.17, 15) is 18.0 Å². The fraction of sp³-hybridized carbons (Fsp3) is 0.346. The van der Waals surface area contributed by atoms with Crippen LogP contribution in [0.2, 0.25) is 0 Å². The van der Waals surface area contributed by atoms with Crippen LogP contribution in [0.25, 0.3) is 21.9 Å². The molecule has 2 aliphatic rings. The van der Waals surface area contributed by atoms with Crippen LogP contribution in [0, 0.1) is 0 Å². The van der Waals surface area contributed by atoms with Gasteiger partial charge in [-0.2, -0.15) is 0 Å². The molecule has 192 valence electrons. The molecule has 0 radical (unpaired) electrons. The number of benzene rings is 1. The number of ether oxygens (including phenoxy) is 1. The minimum Gasteiger partial charge on any atom is -0.406 e. The largest absolute Gasteiger partial charge is 0.573 e. The number of hydrogen-bond acceptors (Lipinski definition) is 6. The van der Waals surface area contributed by atoms with Crippen LogP contribution in [0.5, 0.6) is 5.75 Å². The summed E-state index contributed by atoms with van der Waals surface area (Å²) >= 11 is 1.78. The number of amides is 1. The Hall–Kier alpha value is -3.44. The third-order valence-electron chi connectivity index (χ3n) is 6.95. The number of aromatic amines is 1. The van der Waals surface area contributed by atoms with Crippen LogP contribution < -0.4 is 10.1 Å². The molecule has 1 fully saturated rings. The minimum absolute atomic E-state index is 0.199. The summed E-state index contributed by atoms with van der Waals surface area (Å²) in [5, 5.41) is 3.41. The second-order valence-corrected chi connectivity index (χ2v) is 10.4. The number of carbonyl (C=O) groups is 1. The van der Waals surface area contributed by atoms with E-state index in [-0.39, 0.29) is 17.6 Å². The Labute approximate surface area is 214 Å². The van der Waals surface area contributed by atoms with Crippen molar-refractivity contribution in [2.45, 2.75) is 38.1 Å². The van der Waals surface area contributed by atoms with E-state index >= 15 is 0 Å². The molecular weight excluding hydrogens is 503 g/mol. The van der Waals surface area contributed by atoms with Gasteiger partial charge in [-0.25, -0.2) is 9.97 Å². The van der Waals surface area contributed by atoms with Crippen molar-refractivity contribution in [2.75, 3.05) is 19.6 Å². The fourth-order valence-electron chi connectivity index (χ4n) is 5.12. The maximum Gasteiger partial charge on any atom is 0.573 e. The van der Waals surface area contributed by atoms with E-state index in [1.54, 1.807) is 22.4 Å². The number of H-pyrrole nitrogens is 1. The number of fused-ring (bicyclic) bond motifs is 2. The second kappa shape index (κ2) is 9.46. The number of nitrogens with one attached hydrogen (secondary N) is 2. The highest BCUT2D eigenvalue weighted by atomic mass is 32.1. The van der Waals surface area contributed by atoms with Crippen LogP contribution in [-0.2, 0) is 13.0 Å². The Bertz CT molecular complexity index is 1420. The molecule has 0 unspecified atom stereocenters. The molecule has 0 saturated carbocycles. The number of hydrogen-bond donors (Lipinski definition) is 2. The smallest absolute Gasteiger partial charge is 0.406 e. The topological polar surface area (TPSA) is 83.1 Å². The highest BCUT2D eigenvalue weighted by Gasteiger charge is 2.31. The average molecular weight is 528 g/mol. The first-order chi connectivity index (χ1) is 17.8. The molecule has 7 nitrogen and oxygen atoms in total. The fourth-order valence-corrected chi connectivity index (χ4v) is 6.25. The van der Waals surface area contributed by atoms with Gasteiger partial charge in [0, 0.05) is 42.8 Å². The summed E-state index contributed by atoms with van der Waals surface area (Å²) in [5.74, 6) is 0.520. The number of aromatic nitrogens is 3. The lowest BCUT2D eigenvalue weighted by Crippen LogP contribution is -2.38. The van der Waals surface area contributed by atoms with Gasteiger partial charge in [0.2, 0.25) is 0 Å². The minimum atomic E-state index is -4.76. The van der Waals surface area contributed by atoms with E-state index < -0.39 is 6.36 Å². The van der Waals surface area contributed by atoms with Gasteiger partial charge in [0.1, 0.15) is 17.1 Å². The molecular formula is C26H24F3N5O2S. The van der Waals surface area contributed by atoms with Gasteiger partial charge in [0.05, 0.1) is 4.88 Å². The normalized spacial score (nSPS) is 16.7. The van der Waals surface area contributed by atoms with Crippen LogP contribution in [0.1, 0.15) is 45.1 Å². The zero-order valence-electron chi connectivity index (χ0n) is 19.8. The summed E-state index contributed by atoms with van der Waals surface area (Å²) in [6.07, 6.45) is -0.401. The molecule has 3 aromatic heterocycles. The highest BCUT2D eigenvalue weighted by Crippen LogP contribution is 2.36. The van der Waals surface area contributed by atoms with Crippen LogP contribution in [0.4, 0.5) is 13.2 Å². The summed E-state index contributed by atoms with van der Waals surface area (Å²) in [4.78, 5) is 30.0. The van der Waals surface area contributed by atoms with E-state index in [1.807, 2.05) is 6.07 Å². The van der Waals surface area contributed by atoms with Gasteiger partial charge in [-0.3, -0.25) is 4.79 Å². The number of alkyl halides is 3. The molecule has 6 rings (SSSR count). The number of piperidine rings is 1. The summed E-state index contributed by atoms with van der Waals surface area (Å²) in [6.45, 7) is 2.99. The van der Waals surface area contributed by atoms with Crippen molar-refractivity contribution in [2.24, 2.45) is 0 Å². The van der Waals surface area contributed by atoms with Crippen LogP contribution in [0.15, 0.2) is 42.6 Å². The van der Waals surface area contributed by atoms with Crippen LogP contribution in [-0.4, -0.2) is 51.8 Å². The van der Waals surface area contributed by atoms with E-state index in [4.69, 9.17) is 4.98 Å². The Morgan fingerprint density at radius 1 is 1.14 bits per heavy atom. The molecule has 1 saturated heterocycles. The third kappa shape index (κ3) is 4.93. The summed E-state index contributed by atoms with van der Waals surface area (Å²) in [6, 6.07) is 9.28. The maximum atomic E-state index is 12.9. The molecule has 0 aliphatic carbocycles. The zero-order valence-corrected chi connectivity index (χ0v) is 20.6. The Morgan fingerprint density at radius 2 is 1.92 bits per heavy atom. The molecule has 0 spiro atoms. The third-order valence-corrected chi connectivity index (χ3v) is 8.19. The average Bonchev–Trinajstić information content (AvgIpc) is 3.52. The standard InChI is InChI=1S/C26H24F3N5O2S/c27-26(28,29)36-18-3-1-16(2-4-18)25(35)34-11-7-15(8-12-34)19-5-10-31-24-22(19)32-23(33-24)21-13-17-14-30-9-6-20(17)37-21/h1-5,10,13,15,30H,6-9,11-12,14H2,(H,31,32,33). The molecule has 37 heavy (non-hydrogen) atoms. The molecule has 4 aromatic rings. The van der Waals surface area contributed by atoms with Crippen molar-refractivity contribution in [3.05, 3.63) is 64.2 Å². The van der Waals surface area contributed by atoms with Gasteiger partial charge in [0.15, 0.2) is 5.65 Å². The monoisotopic (exact) mass is 527 g/mol. The van der Waals surface area contributed by atoms with Gasteiger partial charge in [-0.05, 0) is 72.7 Å². The first-order valence-electron chi connectivity index (χ1n) is 12.2. The van der Waals surface area contributed by atoms with Gasteiger partial charge in [-0.15, -0.1) is 24.5 Å². The van der Waals surface area contributed by atoms with E-state index in [1.165, 1.54) is 22.6 Å². The molecule has 5 heterocycles. The molecule has 1 aromatic carbocycles. The number of rotatable bonds is 4. The number of thiophene rings is 1. The quantitative estimate of drug-likeness (QED) is 0.379. The Morgan fingerprint density at radius 3 is 2.65 bits per heavy atom. The van der Waals surface area contributed by atoms with Gasteiger partial charge in [-0.1, -0.05) is 0 Å². The highest BCUT2D eigenvalue weighted by molar-refractivity contribution is 7.15. The number of nitrogens with zero attached hydrogens (tertiary/aromatic N) is 3. The molecule has 2 N–H and O–H groups in total. The first-order valence-corrected chi connectivity index (χ1v) is 13.0. The van der Waals surface area contributed by atoms with Crippen molar-refractivity contribution < 1.29 is 22.7 Å². The molecule has 11 heteroatoms. The Kier molecular flexibility index (Phi) is 6.12. The number of carbonyl (C=O) groups excluding carboxylic acids is 1. The number of halogens is 3. The van der Waals surface area contributed by atoms with Crippen molar-refractivity contribution >= 4 is 28.4 Å². The SMILES string of the molecule is O=C(c1ccc(OC(F)(F)F)cc1)N1CCC(c2ccnc3[nH]c(-c4cc5c(s4)CCNC5)nc23)CC1. The molecule has 1 amide bonds. The summed E-state index contributed by atoms with van der Waals surface area (Å²) in [7, 11) is 0. The molecule has 0 bridgehead atoms. The molecule has 2 aliphatic heterocycles. The van der Waals surface area contributed by atoms with Crippen molar-refractivity contribution in [1.29, 1.82) is 0 Å². The second-order valence-electron chi connectivity index (χ2n) is 9.31. The zero-order chi connectivity index (χ0) is 25.6. The van der Waals surface area contributed by atoms with Crippen molar-refractivity contribution in [1.82, 2.24) is 25.2 Å². The predicted molar refractivity (Wildman–Crippen MR) is 134 cm³/mol. The molecule has 0 atom stereocenters. The van der Waals surface area contributed by atoms with E-state index in [0.717, 1.165) is 71.9 Å². The number of pyridine rings is 1. The number of likely N-dealkylation sites (tertiary alicyclic amines) is 1. The predicted octanol–water partition coefficient (Wildman–Crippen LogP) is 5.25. The first kappa shape index (κ1) is 23.9. The summed E-state index contributed by atoms with van der Waals surface area (Å²) < 4.78 is 41.1. The maximum absolute atomic E-state index is 12.9. The van der Waals surface area contributed by atoms with E-state index in [0.29, 0.717) is 18.7 Å². The summed E-state index contributed by atoms with van der Waals surface area (Å²) in [5.41, 5.74) is 4.42. The Balaban J connectivity index is 1.15. The van der Waals surface area contributed by atoms with E-state index in [2.05, 4.69) is 26.1 Å². The van der Waals surface area contributed by atoms with Gasteiger partial charge < -0.3 is 19.9 Å². The lowest BCUT2D eigenvalue weighted by atomic mass is 9.89. The lowest BCUT2D eigenvalue weighted by molar-refractivity contribution is -0.274. The number of imidazole rings is 1. The van der Waals surface area contributed by atoms with Crippen molar-refractivity contribution in [3.63, 3.8) is 0 Å².